The summed E-state index contributed by atoms with van der Waals surface area (Å²) in [6.45, 7) is 6.09. The fourth-order valence-electron chi connectivity index (χ4n) is 3.21. The number of carbonyl (C=O) groups excluding carboxylic acids is 1. The van der Waals surface area contributed by atoms with Crippen molar-refractivity contribution in [1.29, 1.82) is 0 Å². The molecule has 0 aliphatic rings. The number of aromatic nitrogens is 2. The fraction of sp³-hybridized carbons (Fsp3) is 0.227. The van der Waals surface area contributed by atoms with Crippen molar-refractivity contribution in [1.82, 2.24) is 9.97 Å². The molecule has 2 N–H and O–H groups in total. The van der Waals surface area contributed by atoms with E-state index < -0.39 is 0 Å². The summed E-state index contributed by atoms with van der Waals surface area (Å²) in [5.41, 5.74) is 2.30. The first-order valence-electron chi connectivity index (χ1n) is 9.46. The Morgan fingerprint density at radius 3 is 2.69 bits per heavy atom. The van der Waals surface area contributed by atoms with E-state index in [2.05, 4.69) is 29.1 Å². The Hall–Kier alpha value is -3.19. The van der Waals surface area contributed by atoms with Crippen LogP contribution in [0.4, 0.5) is 5.69 Å². The first-order valence-corrected chi connectivity index (χ1v) is 10.3. The Kier molecular flexibility index (Phi) is 5.07. The average Bonchev–Trinajstić information content (AvgIpc) is 3.36. The molecule has 7 heteroatoms. The second kappa shape index (κ2) is 7.67. The molecule has 148 valence electrons. The minimum absolute atomic E-state index is 0.249. The van der Waals surface area contributed by atoms with Crippen LogP contribution >= 0.6 is 11.3 Å². The van der Waals surface area contributed by atoms with Gasteiger partial charge in [-0.2, -0.15) is 0 Å². The summed E-state index contributed by atoms with van der Waals surface area (Å²) in [7, 11) is 0. The number of aromatic amines is 1. The van der Waals surface area contributed by atoms with Crippen LogP contribution in [0, 0.1) is 6.92 Å². The van der Waals surface area contributed by atoms with Crippen molar-refractivity contribution in [2.24, 2.45) is 0 Å². The van der Waals surface area contributed by atoms with E-state index in [0.717, 1.165) is 12.1 Å². The van der Waals surface area contributed by atoms with Crippen LogP contribution in [0.15, 0.2) is 51.9 Å². The molecule has 4 rings (SSSR count). The number of fused-ring (bicyclic) bond motifs is 1. The lowest BCUT2D eigenvalue weighted by atomic mass is 9.99. The zero-order valence-corrected chi connectivity index (χ0v) is 17.2. The molecule has 3 heterocycles. The summed E-state index contributed by atoms with van der Waals surface area (Å²) in [5, 5.41) is 3.35. The van der Waals surface area contributed by atoms with Crippen LogP contribution in [0.1, 0.15) is 47.0 Å². The summed E-state index contributed by atoms with van der Waals surface area (Å²) in [6, 6.07) is 11.3. The summed E-state index contributed by atoms with van der Waals surface area (Å²) < 4.78 is 5.31. The maximum Gasteiger partial charge on any atom is 0.266 e. The van der Waals surface area contributed by atoms with E-state index in [9.17, 15) is 9.59 Å². The van der Waals surface area contributed by atoms with E-state index in [0.29, 0.717) is 38.2 Å². The molecule has 4 aromatic rings. The molecule has 0 radical (unpaired) electrons. The Bertz CT molecular complexity index is 1220. The van der Waals surface area contributed by atoms with Crippen LogP contribution in [-0.2, 0) is 0 Å². The Balaban J connectivity index is 1.65. The number of hydrogen-bond acceptors (Lipinski definition) is 5. The first-order chi connectivity index (χ1) is 14.0. The van der Waals surface area contributed by atoms with Crippen LogP contribution in [0.5, 0.6) is 0 Å². The lowest BCUT2D eigenvalue weighted by Gasteiger charge is -2.10. The number of nitrogens with one attached hydrogen (secondary N) is 2. The zero-order valence-electron chi connectivity index (χ0n) is 16.4. The third-order valence-electron chi connectivity index (χ3n) is 5.11. The minimum Gasteiger partial charge on any atom is -0.461 e. The van der Waals surface area contributed by atoms with Gasteiger partial charge >= 0.3 is 0 Å². The number of thiophene rings is 1. The number of aryl methyl sites for hydroxylation is 1. The lowest BCUT2D eigenvalue weighted by molar-refractivity contribution is 0.103. The van der Waals surface area contributed by atoms with Crippen LogP contribution in [0.2, 0.25) is 0 Å². The van der Waals surface area contributed by atoms with Gasteiger partial charge in [0.15, 0.2) is 11.6 Å². The van der Waals surface area contributed by atoms with Crippen molar-refractivity contribution in [3.05, 3.63) is 69.0 Å². The van der Waals surface area contributed by atoms with Gasteiger partial charge in [0.25, 0.3) is 11.5 Å². The molecule has 0 spiro atoms. The summed E-state index contributed by atoms with van der Waals surface area (Å²) in [4.78, 5) is 33.6. The number of benzene rings is 1. The molecule has 0 aliphatic heterocycles. The number of H-pyrrole nitrogens is 1. The summed E-state index contributed by atoms with van der Waals surface area (Å²) in [5.74, 6) is 1.05. The summed E-state index contributed by atoms with van der Waals surface area (Å²) >= 11 is 1.20. The molecule has 0 saturated carbocycles. The van der Waals surface area contributed by atoms with E-state index in [1.165, 1.54) is 23.2 Å². The van der Waals surface area contributed by atoms with E-state index in [-0.39, 0.29) is 11.5 Å². The second-order valence-corrected chi connectivity index (χ2v) is 8.01. The second-order valence-electron chi connectivity index (χ2n) is 7.01. The van der Waals surface area contributed by atoms with Gasteiger partial charge in [-0.1, -0.05) is 26.0 Å². The molecule has 0 bridgehead atoms. The van der Waals surface area contributed by atoms with Gasteiger partial charge in [-0.15, -0.1) is 11.3 Å². The van der Waals surface area contributed by atoms with Gasteiger partial charge in [0.1, 0.15) is 4.83 Å². The number of nitrogens with zero attached hydrogens (tertiary/aromatic N) is 1. The van der Waals surface area contributed by atoms with Crippen molar-refractivity contribution in [3.63, 3.8) is 0 Å². The van der Waals surface area contributed by atoms with Gasteiger partial charge in [-0.3, -0.25) is 9.59 Å². The molecule has 1 amide bonds. The molecule has 1 aromatic carbocycles. The van der Waals surface area contributed by atoms with Crippen molar-refractivity contribution < 1.29 is 9.21 Å². The SMILES string of the molecule is CC[C@@H](C)c1ccc(NC(=O)c2sc3nc(-c4ccco4)[nH]c(=O)c3c2C)cc1. The third-order valence-corrected chi connectivity index (χ3v) is 6.30. The van der Waals surface area contributed by atoms with Crippen LogP contribution < -0.4 is 10.9 Å². The third kappa shape index (κ3) is 3.61. The normalized spacial score (nSPS) is 12.2. The maximum atomic E-state index is 12.8. The van der Waals surface area contributed by atoms with Gasteiger partial charge in [0, 0.05) is 5.69 Å². The number of amides is 1. The molecule has 6 nitrogen and oxygen atoms in total. The van der Waals surface area contributed by atoms with E-state index in [4.69, 9.17) is 4.42 Å². The smallest absolute Gasteiger partial charge is 0.266 e. The fourth-order valence-corrected chi connectivity index (χ4v) is 4.29. The van der Waals surface area contributed by atoms with Crippen molar-refractivity contribution in [2.75, 3.05) is 5.32 Å². The van der Waals surface area contributed by atoms with Crippen LogP contribution in [-0.4, -0.2) is 15.9 Å². The predicted molar refractivity (Wildman–Crippen MR) is 116 cm³/mol. The lowest BCUT2D eigenvalue weighted by Crippen LogP contribution is -2.12. The van der Waals surface area contributed by atoms with Crippen molar-refractivity contribution >= 4 is 33.1 Å². The maximum absolute atomic E-state index is 12.8. The molecule has 29 heavy (non-hydrogen) atoms. The van der Waals surface area contributed by atoms with E-state index in [1.807, 2.05) is 24.3 Å². The van der Waals surface area contributed by atoms with Gasteiger partial charge in [0.2, 0.25) is 0 Å². The highest BCUT2D eigenvalue weighted by atomic mass is 32.1. The highest BCUT2D eigenvalue weighted by Gasteiger charge is 2.20. The monoisotopic (exact) mass is 407 g/mol. The van der Waals surface area contributed by atoms with Crippen molar-refractivity contribution in [2.45, 2.75) is 33.1 Å². The quantitative estimate of drug-likeness (QED) is 0.469. The largest absolute Gasteiger partial charge is 0.461 e. The molecule has 0 fully saturated rings. The number of hydrogen-bond donors (Lipinski definition) is 2. The van der Waals surface area contributed by atoms with E-state index in [1.54, 1.807) is 19.1 Å². The minimum atomic E-state index is -0.285. The van der Waals surface area contributed by atoms with Gasteiger partial charge in [-0.25, -0.2) is 4.98 Å². The molecule has 0 unspecified atom stereocenters. The highest BCUT2D eigenvalue weighted by Crippen LogP contribution is 2.29. The van der Waals surface area contributed by atoms with Crippen LogP contribution in [0.25, 0.3) is 21.8 Å². The Morgan fingerprint density at radius 1 is 1.28 bits per heavy atom. The number of furan rings is 1. The zero-order chi connectivity index (χ0) is 20.5. The topological polar surface area (TPSA) is 88.0 Å². The first kappa shape index (κ1) is 19.1. The molecule has 1 atom stereocenters. The standard InChI is InChI=1S/C22H21N3O3S/c1-4-12(2)14-7-9-15(10-8-14)23-21(27)18-13(3)17-20(26)24-19(25-22(17)29-18)16-6-5-11-28-16/h5-12H,4H2,1-3H3,(H,23,27)(H,24,25,26)/t12-/m1/s1. The molecule has 3 aromatic heterocycles. The highest BCUT2D eigenvalue weighted by molar-refractivity contribution is 7.20. The predicted octanol–water partition coefficient (Wildman–Crippen LogP) is 5.32. The summed E-state index contributed by atoms with van der Waals surface area (Å²) in [6.07, 6.45) is 2.58. The Morgan fingerprint density at radius 2 is 2.03 bits per heavy atom. The van der Waals surface area contributed by atoms with Gasteiger partial charge in [0.05, 0.1) is 16.5 Å². The molecule has 0 aliphatic carbocycles. The number of anilines is 1. The van der Waals surface area contributed by atoms with Crippen molar-refractivity contribution in [3.8, 4) is 11.6 Å². The van der Waals surface area contributed by atoms with E-state index >= 15 is 0 Å². The molecular formula is C22H21N3O3S. The average molecular weight is 407 g/mol. The number of carbonyl (C=O) groups is 1. The number of rotatable bonds is 5. The van der Waals surface area contributed by atoms with Gasteiger partial charge in [-0.05, 0) is 54.7 Å². The van der Waals surface area contributed by atoms with Crippen LogP contribution in [0.3, 0.4) is 0 Å². The Labute approximate surface area is 171 Å². The molecule has 0 saturated heterocycles. The molecular weight excluding hydrogens is 386 g/mol. The van der Waals surface area contributed by atoms with Gasteiger partial charge < -0.3 is 14.7 Å².